The molecule has 0 amide bonds. The van der Waals surface area contributed by atoms with E-state index in [2.05, 4.69) is 87.2 Å². The van der Waals surface area contributed by atoms with Crippen LogP contribution >= 0.6 is 23.5 Å². The van der Waals surface area contributed by atoms with E-state index in [-0.39, 0.29) is 5.41 Å². The average Bonchev–Trinajstić information content (AvgIpc) is 2.53. The van der Waals surface area contributed by atoms with E-state index in [4.69, 9.17) is 0 Å². The van der Waals surface area contributed by atoms with Crippen molar-refractivity contribution in [1.82, 2.24) is 0 Å². The molecule has 1 atom stereocenters. The molecule has 2 rings (SSSR count). The molecule has 0 spiro atoms. The first-order valence-corrected chi connectivity index (χ1v) is 9.05. The minimum absolute atomic E-state index is 0.0833. The molecule has 2 aromatic rings. The van der Waals surface area contributed by atoms with Gasteiger partial charge >= 0.3 is 0 Å². The predicted octanol–water partition coefficient (Wildman–Crippen LogP) is 6.25. The maximum Gasteiger partial charge on any atom is 0.0638 e. The number of rotatable bonds is 7. The smallest absolute Gasteiger partial charge is 0.0638 e. The van der Waals surface area contributed by atoms with Crippen molar-refractivity contribution in [1.29, 1.82) is 0 Å². The molecule has 0 nitrogen and oxygen atoms in total. The summed E-state index contributed by atoms with van der Waals surface area (Å²) < 4.78 is 0.442. The maximum atomic E-state index is 4.02. The van der Waals surface area contributed by atoms with Crippen LogP contribution in [0, 0.1) is 5.41 Å². The van der Waals surface area contributed by atoms with Gasteiger partial charge in [0.1, 0.15) is 0 Å². The van der Waals surface area contributed by atoms with E-state index in [0.717, 1.165) is 5.75 Å². The van der Waals surface area contributed by atoms with Crippen molar-refractivity contribution in [3.05, 3.63) is 78.9 Å². The molecule has 0 heterocycles. The molecular weight excluding hydrogens is 292 g/mol. The molecular formula is C19H22S2. The van der Waals surface area contributed by atoms with Crippen molar-refractivity contribution in [2.45, 2.75) is 29.1 Å². The summed E-state index contributed by atoms with van der Waals surface area (Å²) in [6, 6.07) is 21.3. The summed E-state index contributed by atoms with van der Waals surface area (Å²) in [6.45, 7) is 8.55. The van der Waals surface area contributed by atoms with Crippen LogP contribution in [-0.4, -0.2) is 4.58 Å². The van der Waals surface area contributed by atoms with E-state index >= 15 is 0 Å². The van der Waals surface area contributed by atoms with Gasteiger partial charge in [0.15, 0.2) is 0 Å². The van der Waals surface area contributed by atoms with Crippen LogP contribution < -0.4 is 0 Å². The van der Waals surface area contributed by atoms with Crippen molar-refractivity contribution < 1.29 is 0 Å². The van der Waals surface area contributed by atoms with Gasteiger partial charge in [0, 0.05) is 16.1 Å². The Hall–Kier alpha value is -1.12. The standard InChI is InChI=1S/C19H22S2/c1-4-19(2,3)18(21-17-13-9-6-10-14-17)20-15-16-11-7-5-8-12-16/h4-14,18H,1,15H2,2-3H3. The Morgan fingerprint density at radius 3 is 2.14 bits per heavy atom. The zero-order valence-electron chi connectivity index (χ0n) is 12.7. The third-order valence-electron chi connectivity index (χ3n) is 3.36. The largest absolute Gasteiger partial charge is 0.142 e. The Morgan fingerprint density at radius 2 is 1.57 bits per heavy atom. The first-order valence-electron chi connectivity index (χ1n) is 7.12. The van der Waals surface area contributed by atoms with Gasteiger partial charge < -0.3 is 0 Å². The molecule has 0 N–H and O–H groups in total. The SMILES string of the molecule is C=CC(C)(C)C(SCc1ccccc1)Sc1ccccc1. The van der Waals surface area contributed by atoms with E-state index < -0.39 is 0 Å². The Kier molecular flexibility index (Phi) is 6.01. The third-order valence-corrected chi connectivity index (χ3v) is 6.84. The van der Waals surface area contributed by atoms with Crippen LogP contribution in [0.25, 0.3) is 0 Å². The molecule has 0 aliphatic carbocycles. The summed E-state index contributed by atoms with van der Waals surface area (Å²) in [5.41, 5.74) is 1.46. The second kappa shape index (κ2) is 7.77. The van der Waals surface area contributed by atoms with Crippen LogP contribution in [0.4, 0.5) is 0 Å². The molecule has 1 unspecified atom stereocenters. The van der Waals surface area contributed by atoms with Gasteiger partial charge in [-0.05, 0) is 17.7 Å². The van der Waals surface area contributed by atoms with Crippen LogP contribution in [0.15, 0.2) is 78.2 Å². The quantitative estimate of drug-likeness (QED) is 0.336. The summed E-state index contributed by atoms with van der Waals surface area (Å²) in [6.07, 6.45) is 2.08. The van der Waals surface area contributed by atoms with Gasteiger partial charge in [-0.3, -0.25) is 0 Å². The van der Waals surface area contributed by atoms with Crippen molar-refractivity contribution >= 4 is 23.5 Å². The van der Waals surface area contributed by atoms with Crippen molar-refractivity contribution in [2.75, 3.05) is 0 Å². The molecule has 0 saturated carbocycles. The van der Waals surface area contributed by atoms with E-state index in [1.54, 1.807) is 0 Å². The predicted molar refractivity (Wildman–Crippen MR) is 97.8 cm³/mol. The van der Waals surface area contributed by atoms with Crippen LogP contribution in [0.5, 0.6) is 0 Å². The van der Waals surface area contributed by atoms with E-state index in [1.165, 1.54) is 10.5 Å². The molecule has 0 bridgehead atoms. The first kappa shape index (κ1) is 16.3. The molecule has 0 fully saturated rings. The Labute approximate surface area is 137 Å². The van der Waals surface area contributed by atoms with Gasteiger partial charge in [0.2, 0.25) is 0 Å². The van der Waals surface area contributed by atoms with E-state index in [1.807, 2.05) is 23.5 Å². The highest BCUT2D eigenvalue weighted by Crippen LogP contribution is 2.44. The number of allylic oxidation sites excluding steroid dienone is 1. The molecule has 0 aliphatic rings. The van der Waals surface area contributed by atoms with Gasteiger partial charge in [0.05, 0.1) is 4.58 Å². The van der Waals surface area contributed by atoms with Gasteiger partial charge in [0.25, 0.3) is 0 Å². The maximum absolute atomic E-state index is 4.02. The number of thioether (sulfide) groups is 2. The second-order valence-electron chi connectivity index (χ2n) is 5.58. The zero-order valence-corrected chi connectivity index (χ0v) is 14.3. The molecule has 110 valence electrons. The highest BCUT2D eigenvalue weighted by molar-refractivity contribution is 8.16. The van der Waals surface area contributed by atoms with Gasteiger partial charge in [-0.15, -0.1) is 30.1 Å². The molecule has 0 aliphatic heterocycles. The summed E-state index contributed by atoms with van der Waals surface area (Å²) >= 11 is 3.92. The lowest BCUT2D eigenvalue weighted by atomic mass is 9.97. The topological polar surface area (TPSA) is 0 Å². The van der Waals surface area contributed by atoms with Crippen molar-refractivity contribution in [2.24, 2.45) is 5.41 Å². The van der Waals surface area contributed by atoms with Crippen LogP contribution in [-0.2, 0) is 5.75 Å². The van der Waals surface area contributed by atoms with Gasteiger partial charge in [-0.1, -0.05) is 68.5 Å². The number of hydrogen-bond acceptors (Lipinski definition) is 2. The lowest BCUT2D eigenvalue weighted by molar-refractivity contribution is 0.534. The highest BCUT2D eigenvalue weighted by Gasteiger charge is 2.27. The summed E-state index contributed by atoms with van der Waals surface area (Å²) in [7, 11) is 0. The Balaban J connectivity index is 2.07. The van der Waals surface area contributed by atoms with E-state index in [9.17, 15) is 0 Å². The minimum atomic E-state index is 0.0833. The van der Waals surface area contributed by atoms with E-state index in [0.29, 0.717) is 4.58 Å². The fourth-order valence-corrected chi connectivity index (χ4v) is 4.70. The first-order chi connectivity index (χ1) is 10.1. The number of hydrogen-bond donors (Lipinski definition) is 0. The highest BCUT2D eigenvalue weighted by atomic mass is 32.2. The van der Waals surface area contributed by atoms with Gasteiger partial charge in [-0.25, -0.2) is 0 Å². The van der Waals surface area contributed by atoms with Gasteiger partial charge in [-0.2, -0.15) is 0 Å². The average molecular weight is 315 g/mol. The molecule has 2 aromatic carbocycles. The Bertz CT molecular complexity index is 546. The summed E-state index contributed by atoms with van der Waals surface area (Å²) in [5.74, 6) is 1.03. The van der Waals surface area contributed by atoms with Crippen LogP contribution in [0.3, 0.4) is 0 Å². The lowest BCUT2D eigenvalue weighted by Crippen LogP contribution is -2.21. The lowest BCUT2D eigenvalue weighted by Gasteiger charge is -2.30. The summed E-state index contributed by atoms with van der Waals surface area (Å²) in [5, 5.41) is 0. The minimum Gasteiger partial charge on any atom is -0.142 e. The Morgan fingerprint density at radius 1 is 1.00 bits per heavy atom. The summed E-state index contributed by atoms with van der Waals surface area (Å²) in [4.78, 5) is 1.32. The molecule has 0 aromatic heterocycles. The third kappa shape index (κ3) is 4.98. The molecule has 0 radical (unpaired) electrons. The van der Waals surface area contributed by atoms with Crippen LogP contribution in [0.1, 0.15) is 19.4 Å². The normalized spacial score (nSPS) is 12.9. The monoisotopic (exact) mass is 314 g/mol. The molecule has 21 heavy (non-hydrogen) atoms. The van der Waals surface area contributed by atoms with Crippen molar-refractivity contribution in [3.8, 4) is 0 Å². The fraction of sp³-hybridized carbons (Fsp3) is 0.263. The molecule has 2 heteroatoms. The fourth-order valence-electron chi connectivity index (χ4n) is 1.87. The zero-order chi connectivity index (χ0) is 15.1. The second-order valence-corrected chi connectivity index (χ2v) is 8.16. The number of benzene rings is 2. The van der Waals surface area contributed by atoms with Crippen molar-refractivity contribution in [3.63, 3.8) is 0 Å². The van der Waals surface area contributed by atoms with Crippen LogP contribution in [0.2, 0.25) is 0 Å². The molecule has 0 saturated heterocycles.